The second-order valence-electron chi connectivity index (χ2n) is 9.84. The molecule has 0 radical (unpaired) electrons. The maximum Gasteiger partial charge on any atom is 0.420 e. The van der Waals surface area contributed by atoms with Gasteiger partial charge in [-0.1, -0.05) is 0 Å². The van der Waals surface area contributed by atoms with Gasteiger partial charge in [0.25, 0.3) is 5.91 Å². The predicted octanol–water partition coefficient (Wildman–Crippen LogP) is 4.83. The number of anilines is 1. The summed E-state index contributed by atoms with van der Waals surface area (Å²) >= 11 is 0. The topological polar surface area (TPSA) is 101 Å². The first kappa shape index (κ1) is 24.1. The van der Waals surface area contributed by atoms with Crippen molar-refractivity contribution in [3.8, 4) is 0 Å². The fraction of sp³-hybridized carbons (Fsp3) is 0.571. The molecule has 0 spiro atoms. The Kier molecular flexibility index (Phi) is 5.11. The Morgan fingerprint density at radius 3 is 2.40 bits per heavy atom. The third-order valence-electron chi connectivity index (χ3n) is 7.13. The number of amides is 1. The van der Waals surface area contributed by atoms with Crippen molar-refractivity contribution in [1.82, 2.24) is 14.8 Å². The van der Waals surface area contributed by atoms with E-state index in [-0.39, 0.29) is 22.8 Å². The SMILES string of the molecule is CS(=N)(=O)c1cc(NC(=O)c2c(C(F)(F)F)c(C34CC(C3)C4)nn2CC2C[C@@H]2C(F)(F)F)ccn1. The number of nitrogens with zero attached hydrogens (tertiary/aromatic N) is 3. The Hall–Kier alpha value is -2.64. The van der Waals surface area contributed by atoms with E-state index in [2.05, 4.69) is 15.4 Å². The first-order chi connectivity index (χ1) is 16.1. The fourth-order valence-corrected chi connectivity index (χ4v) is 5.81. The second kappa shape index (κ2) is 7.43. The highest BCUT2D eigenvalue weighted by atomic mass is 32.2. The Bertz CT molecular complexity index is 1300. The van der Waals surface area contributed by atoms with Crippen LogP contribution >= 0.6 is 0 Å². The summed E-state index contributed by atoms with van der Waals surface area (Å²) < 4.78 is 102. The van der Waals surface area contributed by atoms with Gasteiger partial charge < -0.3 is 5.32 Å². The third-order valence-corrected chi connectivity index (χ3v) is 8.16. The molecule has 2 N–H and O–H groups in total. The predicted molar refractivity (Wildman–Crippen MR) is 111 cm³/mol. The molecule has 2 bridgehead atoms. The Balaban J connectivity index is 1.55. The van der Waals surface area contributed by atoms with Crippen LogP contribution in [0.25, 0.3) is 0 Å². The van der Waals surface area contributed by atoms with Crippen LogP contribution in [-0.2, 0) is 27.9 Å². The molecule has 0 aromatic carbocycles. The van der Waals surface area contributed by atoms with Gasteiger partial charge >= 0.3 is 12.4 Å². The van der Waals surface area contributed by atoms with E-state index in [0.29, 0.717) is 25.2 Å². The van der Waals surface area contributed by atoms with Crippen molar-refractivity contribution in [1.29, 1.82) is 4.78 Å². The summed E-state index contributed by atoms with van der Waals surface area (Å²) in [6.45, 7) is -0.466. The maximum atomic E-state index is 14.3. The van der Waals surface area contributed by atoms with Crippen molar-refractivity contribution in [3.63, 3.8) is 0 Å². The lowest BCUT2D eigenvalue weighted by Crippen LogP contribution is -2.56. The van der Waals surface area contributed by atoms with Gasteiger partial charge in [-0.3, -0.25) is 9.48 Å². The monoisotopic (exact) mass is 521 g/mol. The molecule has 7 nitrogen and oxygen atoms in total. The van der Waals surface area contributed by atoms with Gasteiger partial charge in [0.15, 0.2) is 0 Å². The molecule has 2 heterocycles. The van der Waals surface area contributed by atoms with Crippen LogP contribution in [-0.4, -0.2) is 37.3 Å². The number of halogens is 6. The van der Waals surface area contributed by atoms with Crippen LogP contribution < -0.4 is 5.32 Å². The highest BCUT2D eigenvalue weighted by Crippen LogP contribution is 2.66. The summed E-state index contributed by atoms with van der Waals surface area (Å²) in [5, 5.41) is 6.23. The van der Waals surface area contributed by atoms with Crippen LogP contribution in [0.3, 0.4) is 0 Å². The molecule has 3 atom stereocenters. The third kappa shape index (κ3) is 4.19. The minimum absolute atomic E-state index is 0.0469. The minimum Gasteiger partial charge on any atom is -0.320 e. The number of rotatable bonds is 6. The number of hydrogen-bond donors (Lipinski definition) is 2. The largest absolute Gasteiger partial charge is 0.420 e. The van der Waals surface area contributed by atoms with Crippen LogP contribution in [0, 0.1) is 22.5 Å². The van der Waals surface area contributed by atoms with Crippen molar-refractivity contribution in [2.45, 2.75) is 55.0 Å². The zero-order valence-corrected chi connectivity index (χ0v) is 19.2. The van der Waals surface area contributed by atoms with Crippen LogP contribution in [0.5, 0.6) is 0 Å². The molecule has 0 aliphatic heterocycles. The summed E-state index contributed by atoms with van der Waals surface area (Å²) in [5.74, 6) is -3.51. The zero-order valence-electron chi connectivity index (χ0n) is 18.3. The highest BCUT2D eigenvalue weighted by Gasteiger charge is 2.63. The van der Waals surface area contributed by atoms with Gasteiger partial charge in [-0.15, -0.1) is 0 Å². The van der Waals surface area contributed by atoms with Gasteiger partial charge in [-0.25, -0.2) is 14.0 Å². The quantitative estimate of drug-likeness (QED) is 0.532. The normalized spacial score (nSPS) is 29.1. The molecule has 0 saturated heterocycles. The molecule has 190 valence electrons. The molecule has 6 rings (SSSR count). The van der Waals surface area contributed by atoms with Crippen molar-refractivity contribution in [2.75, 3.05) is 11.6 Å². The van der Waals surface area contributed by atoms with E-state index in [1.54, 1.807) is 0 Å². The smallest absolute Gasteiger partial charge is 0.320 e. The van der Waals surface area contributed by atoms with E-state index >= 15 is 0 Å². The molecule has 4 fully saturated rings. The lowest BCUT2D eigenvalue weighted by Gasteiger charge is -2.61. The van der Waals surface area contributed by atoms with Crippen LogP contribution in [0.4, 0.5) is 32.0 Å². The van der Waals surface area contributed by atoms with Gasteiger partial charge in [-0.05, 0) is 49.7 Å². The van der Waals surface area contributed by atoms with Crippen LogP contribution in [0.15, 0.2) is 23.4 Å². The number of pyridine rings is 1. The molecule has 2 aromatic rings. The number of carbonyl (C=O) groups excluding carboxylic acids is 1. The van der Waals surface area contributed by atoms with E-state index in [1.165, 1.54) is 6.07 Å². The summed E-state index contributed by atoms with van der Waals surface area (Å²) in [6, 6.07) is 2.37. The van der Waals surface area contributed by atoms with E-state index in [0.717, 1.165) is 23.2 Å². The van der Waals surface area contributed by atoms with Gasteiger partial charge in [0.1, 0.15) is 16.3 Å². The summed E-state index contributed by atoms with van der Waals surface area (Å²) in [5.41, 5.74) is -3.18. The van der Waals surface area contributed by atoms with E-state index < -0.39 is 63.0 Å². The zero-order chi connectivity index (χ0) is 25.6. The standard InChI is InChI=1S/C21H21F6N5O2S/c1-35(28,34)14-5-12(2-3-29-14)30-18(33)16-15(21(25,26)27)17(19-6-10(7-19)8-19)31-32(16)9-11-4-13(11)20(22,23)24/h2-3,5,10-11,13,28H,4,6-9H2,1H3,(H,29,30,33)/t10?,11?,13-,19?,35?/m0/s1. The van der Waals surface area contributed by atoms with Gasteiger partial charge in [-0.2, -0.15) is 31.4 Å². The number of carbonyl (C=O) groups is 1. The van der Waals surface area contributed by atoms with E-state index in [4.69, 9.17) is 4.78 Å². The molecule has 14 heteroatoms. The van der Waals surface area contributed by atoms with Crippen LogP contribution in [0.2, 0.25) is 0 Å². The average molecular weight is 521 g/mol. The summed E-state index contributed by atoms with van der Waals surface area (Å²) in [4.78, 5) is 17.0. The molecule has 2 aromatic heterocycles. The molecule has 1 amide bonds. The highest BCUT2D eigenvalue weighted by molar-refractivity contribution is 7.91. The first-order valence-corrected chi connectivity index (χ1v) is 12.8. The Labute approximate surface area is 196 Å². The lowest BCUT2D eigenvalue weighted by atomic mass is 9.43. The molecular formula is C21H21F6N5O2S. The lowest BCUT2D eigenvalue weighted by molar-refractivity contribution is -0.151. The van der Waals surface area contributed by atoms with Gasteiger partial charge in [0.05, 0.1) is 21.3 Å². The maximum absolute atomic E-state index is 14.3. The average Bonchev–Trinajstić information content (AvgIpc) is 3.31. The van der Waals surface area contributed by atoms with E-state index in [1.807, 2.05) is 0 Å². The molecule has 4 saturated carbocycles. The summed E-state index contributed by atoms with van der Waals surface area (Å²) in [7, 11) is -3.27. The molecular weight excluding hydrogens is 500 g/mol. The van der Waals surface area contributed by atoms with Crippen molar-refractivity contribution in [2.24, 2.45) is 17.8 Å². The van der Waals surface area contributed by atoms with E-state index in [9.17, 15) is 35.3 Å². The number of hydrogen-bond acceptors (Lipinski definition) is 5. The fourth-order valence-electron chi connectivity index (χ4n) is 5.20. The number of aromatic nitrogens is 3. The molecule has 4 aliphatic carbocycles. The molecule has 2 unspecified atom stereocenters. The Morgan fingerprint density at radius 2 is 1.91 bits per heavy atom. The Morgan fingerprint density at radius 1 is 1.26 bits per heavy atom. The van der Waals surface area contributed by atoms with Gasteiger partial charge in [0.2, 0.25) is 0 Å². The van der Waals surface area contributed by atoms with Crippen molar-refractivity contribution >= 4 is 21.3 Å². The van der Waals surface area contributed by atoms with Gasteiger partial charge in [0, 0.05) is 30.1 Å². The van der Waals surface area contributed by atoms with Crippen molar-refractivity contribution < 1.29 is 35.3 Å². The second-order valence-corrected chi connectivity index (χ2v) is 11.9. The summed E-state index contributed by atoms with van der Waals surface area (Å²) in [6.07, 6.45) is -5.90. The number of alkyl halides is 6. The van der Waals surface area contributed by atoms with Crippen LogP contribution in [0.1, 0.15) is 47.4 Å². The first-order valence-electron chi connectivity index (χ1n) is 10.8. The minimum atomic E-state index is -4.95. The van der Waals surface area contributed by atoms with Crippen molar-refractivity contribution in [3.05, 3.63) is 35.3 Å². The number of nitrogens with one attached hydrogen (secondary N) is 2. The molecule has 35 heavy (non-hydrogen) atoms. The molecule has 4 aliphatic rings.